The molecule has 0 aromatic rings. The highest BCUT2D eigenvalue weighted by Crippen LogP contribution is 2.54. The molecule has 0 radical (unpaired) electrons. The number of likely N-dealkylation sites (N-methyl/N-ethyl adjacent to an activating group) is 3. The van der Waals surface area contributed by atoms with E-state index in [0.717, 1.165) is 19.6 Å². The van der Waals surface area contributed by atoms with Gasteiger partial charge in [-0.1, -0.05) is 0 Å². The van der Waals surface area contributed by atoms with Crippen molar-refractivity contribution in [3.63, 3.8) is 0 Å². The molecule has 2 bridgehead atoms. The molecule has 3 rings (SSSR count). The molecule has 3 aliphatic rings. The van der Waals surface area contributed by atoms with Crippen LogP contribution in [0, 0.1) is 0 Å². The van der Waals surface area contributed by atoms with Crippen LogP contribution in [0.1, 0.15) is 0 Å². The monoisotopic (exact) mass is 248 g/mol. The first kappa shape index (κ1) is 12.0. The second kappa shape index (κ2) is 4.40. The molecule has 3 aliphatic heterocycles. The molecule has 88 valence electrons. The summed E-state index contributed by atoms with van der Waals surface area (Å²) in [5.74, 6) is 0. The van der Waals surface area contributed by atoms with Crippen LogP contribution in [0.4, 0.5) is 0 Å². The SMILES string of the molecule is CN1CCN2CCN(C)P1(=S)N(C)CC2. The maximum absolute atomic E-state index is 5.96. The first-order valence-corrected chi connectivity index (χ1v) is 8.18. The molecule has 0 aromatic carbocycles. The quantitative estimate of drug-likeness (QED) is 0.572. The summed E-state index contributed by atoms with van der Waals surface area (Å²) in [7, 11) is 6.55. The number of nitrogens with zero attached hydrogens (tertiary/aromatic N) is 4. The Kier molecular flexibility index (Phi) is 3.51. The zero-order valence-electron chi connectivity index (χ0n) is 9.89. The Bertz CT molecular complexity index is 242. The van der Waals surface area contributed by atoms with Crippen molar-refractivity contribution < 1.29 is 0 Å². The molecular formula is C9H21N4PS. The first-order chi connectivity index (χ1) is 7.05. The van der Waals surface area contributed by atoms with Gasteiger partial charge in [0.1, 0.15) is 6.49 Å². The second-order valence-corrected chi connectivity index (χ2v) is 9.04. The van der Waals surface area contributed by atoms with E-state index < -0.39 is 6.49 Å². The Balaban J connectivity index is 2.34. The molecule has 0 saturated carbocycles. The third-order valence-corrected chi connectivity index (χ3v) is 9.33. The standard InChI is InChI=1S/C9H21N4PS/c1-10-4-7-13-8-5-11(2)14(10,15)12(3)6-9-13/h4-9H2,1-3H3. The number of rotatable bonds is 0. The molecule has 3 fully saturated rings. The van der Waals surface area contributed by atoms with Crippen molar-refractivity contribution in [2.75, 3.05) is 60.4 Å². The minimum absolute atomic E-state index is 1.10. The van der Waals surface area contributed by atoms with E-state index in [2.05, 4.69) is 40.1 Å². The molecule has 0 N–H and O–H groups in total. The van der Waals surface area contributed by atoms with Crippen molar-refractivity contribution in [2.45, 2.75) is 0 Å². The van der Waals surface area contributed by atoms with Gasteiger partial charge in [-0.05, 0) is 32.9 Å². The largest absolute Gasteiger partial charge is 0.299 e. The van der Waals surface area contributed by atoms with Crippen LogP contribution in [0.15, 0.2) is 0 Å². The highest BCUT2D eigenvalue weighted by molar-refractivity contribution is 8.11. The lowest BCUT2D eigenvalue weighted by Gasteiger charge is -2.50. The summed E-state index contributed by atoms with van der Waals surface area (Å²) in [4.78, 5) is 2.54. The van der Waals surface area contributed by atoms with Crippen LogP contribution in [-0.4, -0.2) is 79.3 Å². The molecule has 3 saturated heterocycles. The minimum Gasteiger partial charge on any atom is -0.299 e. The fourth-order valence-electron chi connectivity index (χ4n) is 2.37. The van der Waals surface area contributed by atoms with E-state index in [1.54, 1.807) is 0 Å². The molecule has 0 unspecified atom stereocenters. The molecule has 3 heterocycles. The van der Waals surface area contributed by atoms with E-state index >= 15 is 0 Å². The average molecular weight is 248 g/mol. The molecular weight excluding hydrogens is 227 g/mol. The van der Waals surface area contributed by atoms with Crippen molar-refractivity contribution in [1.29, 1.82) is 0 Å². The fraction of sp³-hybridized carbons (Fsp3) is 1.00. The van der Waals surface area contributed by atoms with Crippen LogP contribution < -0.4 is 0 Å². The van der Waals surface area contributed by atoms with Gasteiger partial charge >= 0.3 is 0 Å². The van der Waals surface area contributed by atoms with Gasteiger partial charge in [-0.15, -0.1) is 0 Å². The van der Waals surface area contributed by atoms with Crippen LogP contribution in [0.25, 0.3) is 0 Å². The Morgan fingerprint density at radius 2 is 1.07 bits per heavy atom. The zero-order chi connectivity index (χ0) is 11.1. The smallest absolute Gasteiger partial charge is 0.144 e. The van der Waals surface area contributed by atoms with Crippen molar-refractivity contribution >= 4 is 18.3 Å². The molecule has 6 heteroatoms. The third-order valence-electron chi connectivity index (χ3n) is 3.55. The lowest BCUT2D eigenvalue weighted by molar-refractivity contribution is 0.188. The maximum atomic E-state index is 5.96. The van der Waals surface area contributed by atoms with E-state index in [4.69, 9.17) is 11.8 Å². The summed E-state index contributed by atoms with van der Waals surface area (Å²) in [5.41, 5.74) is 0. The van der Waals surface area contributed by atoms with Gasteiger partial charge in [0.05, 0.1) is 0 Å². The molecule has 0 atom stereocenters. The van der Waals surface area contributed by atoms with Crippen LogP contribution in [0.3, 0.4) is 0 Å². The normalized spacial score (nSPS) is 41.1. The van der Waals surface area contributed by atoms with Crippen molar-refractivity contribution in [2.24, 2.45) is 0 Å². The topological polar surface area (TPSA) is 13.0 Å². The lowest BCUT2D eigenvalue weighted by atomic mass is 10.4. The van der Waals surface area contributed by atoms with E-state index in [9.17, 15) is 0 Å². The summed E-state index contributed by atoms with van der Waals surface area (Å²) < 4.78 is 7.19. The van der Waals surface area contributed by atoms with Crippen LogP contribution >= 0.6 is 6.49 Å². The summed E-state index contributed by atoms with van der Waals surface area (Å²) in [6.45, 7) is 5.23. The molecule has 4 nitrogen and oxygen atoms in total. The van der Waals surface area contributed by atoms with E-state index in [0.29, 0.717) is 0 Å². The minimum atomic E-state index is -1.61. The zero-order valence-corrected chi connectivity index (χ0v) is 11.6. The number of hydrogen-bond donors (Lipinski definition) is 0. The lowest BCUT2D eigenvalue weighted by Crippen LogP contribution is -2.51. The van der Waals surface area contributed by atoms with Crippen LogP contribution in [0.5, 0.6) is 0 Å². The highest BCUT2D eigenvalue weighted by Gasteiger charge is 2.36. The van der Waals surface area contributed by atoms with Crippen molar-refractivity contribution in [1.82, 2.24) is 18.9 Å². The molecule has 0 aromatic heterocycles. The van der Waals surface area contributed by atoms with Crippen molar-refractivity contribution in [3.8, 4) is 0 Å². The summed E-state index contributed by atoms with van der Waals surface area (Å²) in [6, 6.07) is 0. The van der Waals surface area contributed by atoms with Gasteiger partial charge in [-0.2, -0.15) is 0 Å². The van der Waals surface area contributed by atoms with Crippen molar-refractivity contribution in [3.05, 3.63) is 0 Å². The number of hydrogen-bond acceptors (Lipinski definition) is 2. The Morgan fingerprint density at radius 3 is 1.40 bits per heavy atom. The van der Waals surface area contributed by atoms with Gasteiger partial charge in [0.15, 0.2) is 0 Å². The fourth-order valence-corrected chi connectivity index (χ4v) is 5.72. The van der Waals surface area contributed by atoms with Gasteiger partial charge < -0.3 is 0 Å². The molecule has 0 amide bonds. The van der Waals surface area contributed by atoms with Gasteiger partial charge in [-0.25, -0.2) is 0 Å². The Labute approximate surface area is 98.0 Å². The maximum Gasteiger partial charge on any atom is 0.144 e. The summed E-state index contributed by atoms with van der Waals surface area (Å²) in [6.07, 6.45) is 0. The number of fused-ring (bicyclic) bond motifs is 6. The van der Waals surface area contributed by atoms with Crippen LogP contribution in [-0.2, 0) is 11.8 Å². The first-order valence-electron chi connectivity index (χ1n) is 5.52. The average Bonchev–Trinajstić information content (AvgIpc) is 2.22. The highest BCUT2D eigenvalue weighted by atomic mass is 32.4. The predicted octanol–water partition coefficient (Wildman–Crippen LogP) is 0.336. The second-order valence-electron chi connectivity index (χ2n) is 4.50. The summed E-state index contributed by atoms with van der Waals surface area (Å²) in [5, 5.41) is 0. The van der Waals surface area contributed by atoms with Gasteiger partial charge in [0, 0.05) is 39.3 Å². The molecule has 0 aliphatic carbocycles. The molecule has 15 heavy (non-hydrogen) atoms. The third kappa shape index (κ3) is 2.02. The molecule has 0 spiro atoms. The van der Waals surface area contributed by atoms with Gasteiger partial charge in [0.25, 0.3) is 0 Å². The Morgan fingerprint density at radius 1 is 0.733 bits per heavy atom. The van der Waals surface area contributed by atoms with Crippen LogP contribution in [0.2, 0.25) is 0 Å². The van der Waals surface area contributed by atoms with Gasteiger partial charge in [0.2, 0.25) is 0 Å². The van der Waals surface area contributed by atoms with E-state index in [1.807, 2.05) is 0 Å². The van der Waals surface area contributed by atoms with E-state index in [1.165, 1.54) is 19.6 Å². The van der Waals surface area contributed by atoms with Gasteiger partial charge in [-0.3, -0.25) is 18.9 Å². The predicted molar refractivity (Wildman–Crippen MR) is 68.6 cm³/mol. The van der Waals surface area contributed by atoms with E-state index in [-0.39, 0.29) is 0 Å². The summed E-state index contributed by atoms with van der Waals surface area (Å²) >= 11 is 5.96. The Hall–Kier alpha value is 0.490.